The van der Waals surface area contributed by atoms with Crippen molar-refractivity contribution in [1.82, 2.24) is 14.3 Å². The van der Waals surface area contributed by atoms with Gasteiger partial charge in [0.25, 0.3) is 15.6 Å². The first kappa shape index (κ1) is 25.7. The number of aromatic amines is 1. The van der Waals surface area contributed by atoms with Gasteiger partial charge >= 0.3 is 11.7 Å². The molecular weight excluding hydrogens is 570 g/mol. The molecule has 5 aromatic rings. The highest BCUT2D eigenvalue weighted by atomic mass is 35.5. The summed E-state index contributed by atoms with van der Waals surface area (Å²) in [7, 11) is -4.08. The highest BCUT2D eigenvalue weighted by Gasteiger charge is 2.20. The van der Waals surface area contributed by atoms with E-state index in [2.05, 4.69) is 15.6 Å². The van der Waals surface area contributed by atoms with Crippen molar-refractivity contribution in [3.05, 3.63) is 102 Å². The summed E-state index contributed by atoms with van der Waals surface area (Å²) in [5.41, 5.74) is 0.541. The molecule has 4 N–H and O–H groups in total. The fraction of sp³-hybridized carbons (Fsp3) is 0.0417. The molecule has 38 heavy (non-hydrogen) atoms. The van der Waals surface area contributed by atoms with Gasteiger partial charge in [-0.05, 0) is 66.0 Å². The van der Waals surface area contributed by atoms with Gasteiger partial charge in [-0.1, -0.05) is 17.7 Å². The van der Waals surface area contributed by atoms with E-state index in [1.807, 2.05) is 22.2 Å². The second kappa shape index (κ2) is 10.5. The van der Waals surface area contributed by atoms with Gasteiger partial charge in [0, 0.05) is 22.8 Å². The minimum atomic E-state index is -4.08. The average Bonchev–Trinajstić information content (AvgIpc) is 3.55. The molecule has 3 aromatic heterocycles. The second-order valence-electron chi connectivity index (χ2n) is 7.93. The van der Waals surface area contributed by atoms with Gasteiger partial charge in [0.1, 0.15) is 4.21 Å². The number of rotatable bonds is 7. The van der Waals surface area contributed by atoms with Gasteiger partial charge in [-0.15, -0.1) is 22.7 Å². The zero-order valence-electron chi connectivity index (χ0n) is 19.2. The van der Waals surface area contributed by atoms with Crippen LogP contribution in [-0.2, 0) is 16.6 Å². The molecule has 0 fully saturated rings. The number of anilines is 2. The summed E-state index contributed by atoms with van der Waals surface area (Å²) in [6.45, 7) is 0.622. The highest BCUT2D eigenvalue weighted by Crippen LogP contribution is 2.25. The van der Waals surface area contributed by atoms with Crippen LogP contribution in [0.4, 0.5) is 16.2 Å². The van der Waals surface area contributed by atoms with Crippen LogP contribution in [0.2, 0.25) is 4.34 Å². The van der Waals surface area contributed by atoms with Crippen molar-refractivity contribution in [2.45, 2.75) is 10.8 Å². The lowest BCUT2D eigenvalue weighted by atomic mass is 10.2. The van der Waals surface area contributed by atoms with Crippen LogP contribution in [-0.4, -0.2) is 24.0 Å². The number of thiophene rings is 2. The number of amides is 2. The highest BCUT2D eigenvalue weighted by molar-refractivity contribution is 7.92. The van der Waals surface area contributed by atoms with Crippen LogP contribution in [0.5, 0.6) is 0 Å². The van der Waals surface area contributed by atoms with E-state index < -0.39 is 27.3 Å². The topological polar surface area (TPSA) is 142 Å². The van der Waals surface area contributed by atoms with E-state index in [1.54, 1.807) is 29.5 Å². The summed E-state index contributed by atoms with van der Waals surface area (Å²) in [6.07, 6.45) is 0. The maximum absolute atomic E-state index is 13.1. The Morgan fingerprint density at radius 3 is 2.45 bits per heavy atom. The smallest absolute Gasteiger partial charge is 0.333 e. The van der Waals surface area contributed by atoms with Crippen LogP contribution in [0.1, 0.15) is 4.88 Å². The third-order valence-electron chi connectivity index (χ3n) is 5.37. The largest absolute Gasteiger partial charge is 0.380 e. The van der Waals surface area contributed by atoms with E-state index in [-0.39, 0.29) is 19.9 Å². The molecule has 0 radical (unpaired) electrons. The van der Waals surface area contributed by atoms with Crippen molar-refractivity contribution in [1.29, 1.82) is 0 Å². The number of halogens is 1. The number of hydrogen-bond acceptors (Lipinski definition) is 8. The lowest BCUT2D eigenvalue weighted by molar-refractivity contribution is 0.256. The van der Waals surface area contributed by atoms with E-state index in [1.165, 1.54) is 36.4 Å². The Morgan fingerprint density at radius 1 is 1.00 bits per heavy atom. The number of benzene rings is 2. The number of H-pyrrole nitrogens is 1. The Bertz CT molecular complexity index is 1860. The normalized spacial score (nSPS) is 11.4. The number of sulfonamides is 1. The summed E-state index contributed by atoms with van der Waals surface area (Å²) in [5, 5.41) is 7.98. The van der Waals surface area contributed by atoms with Crippen LogP contribution in [0, 0.1) is 0 Å². The van der Waals surface area contributed by atoms with Gasteiger partial charge in [-0.2, -0.15) is 0 Å². The van der Waals surface area contributed by atoms with Crippen molar-refractivity contribution in [3.63, 3.8) is 0 Å². The predicted molar refractivity (Wildman–Crippen MR) is 150 cm³/mol. The standard InChI is InChI=1S/C24H18ClN5O5S3/c25-20-9-10-21(37-20)38(34,35)29-23(32)27-14-3-6-16(7-4-14)30-22(31)18-8-5-15(12-19(18)28-24(30)33)26-13-17-2-1-11-36-17/h1-12,26H,13H2,(H,28,33)(H2,27,29,32). The van der Waals surface area contributed by atoms with E-state index in [0.717, 1.165) is 26.5 Å². The number of carbonyl (C=O) groups excluding carboxylic acids is 1. The minimum absolute atomic E-state index is 0.103. The summed E-state index contributed by atoms with van der Waals surface area (Å²) in [4.78, 5) is 42.0. The lowest BCUT2D eigenvalue weighted by Gasteiger charge is -2.10. The molecule has 0 saturated heterocycles. The van der Waals surface area contributed by atoms with Gasteiger partial charge in [0.2, 0.25) is 0 Å². The number of nitrogens with one attached hydrogen (secondary N) is 4. The van der Waals surface area contributed by atoms with Gasteiger partial charge in [0.05, 0.1) is 20.9 Å². The first-order chi connectivity index (χ1) is 18.2. The average molecular weight is 588 g/mol. The predicted octanol–water partition coefficient (Wildman–Crippen LogP) is 4.58. The first-order valence-corrected chi connectivity index (χ1v) is 14.5. The summed E-state index contributed by atoms with van der Waals surface area (Å²) < 4.78 is 27.6. The third-order valence-corrected chi connectivity index (χ3v) is 9.30. The molecule has 0 aliphatic carbocycles. The maximum atomic E-state index is 13.1. The minimum Gasteiger partial charge on any atom is -0.380 e. The molecule has 0 spiro atoms. The van der Waals surface area contributed by atoms with Gasteiger partial charge in [0.15, 0.2) is 0 Å². The zero-order chi connectivity index (χ0) is 26.9. The lowest BCUT2D eigenvalue weighted by Crippen LogP contribution is -2.34. The quantitative estimate of drug-likeness (QED) is 0.220. The Morgan fingerprint density at radius 2 is 1.76 bits per heavy atom. The molecule has 3 heterocycles. The molecule has 2 amide bonds. The summed E-state index contributed by atoms with van der Waals surface area (Å²) in [6, 6.07) is 16.6. The molecule has 14 heteroatoms. The number of urea groups is 1. The number of hydrogen-bond donors (Lipinski definition) is 4. The molecule has 0 atom stereocenters. The first-order valence-electron chi connectivity index (χ1n) is 10.9. The summed E-state index contributed by atoms with van der Waals surface area (Å²) >= 11 is 8.20. The van der Waals surface area contributed by atoms with Gasteiger partial charge in [-0.25, -0.2) is 27.3 Å². The SMILES string of the molecule is O=C(Nc1ccc(-n2c(=O)[nH]c3cc(NCc4cccs4)ccc3c2=O)cc1)NS(=O)(=O)c1ccc(Cl)s1. The van der Waals surface area contributed by atoms with Crippen molar-refractivity contribution in [3.8, 4) is 5.69 Å². The number of nitrogens with zero attached hydrogens (tertiary/aromatic N) is 1. The van der Waals surface area contributed by atoms with E-state index in [4.69, 9.17) is 11.6 Å². The van der Waals surface area contributed by atoms with Crippen LogP contribution >= 0.6 is 34.3 Å². The van der Waals surface area contributed by atoms with Crippen LogP contribution in [0.3, 0.4) is 0 Å². The van der Waals surface area contributed by atoms with Crippen molar-refractivity contribution < 1.29 is 13.2 Å². The fourth-order valence-electron chi connectivity index (χ4n) is 3.63. The van der Waals surface area contributed by atoms with Crippen molar-refractivity contribution in [2.24, 2.45) is 0 Å². The molecular formula is C24H18ClN5O5S3. The molecule has 0 aliphatic heterocycles. The van der Waals surface area contributed by atoms with Crippen LogP contribution in [0.15, 0.2) is 85.9 Å². The summed E-state index contributed by atoms with van der Waals surface area (Å²) in [5.74, 6) is 0. The molecule has 2 aromatic carbocycles. The Balaban J connectivity index is 1.33. The molecule has 5 rings (SSSR count). The van der Waals surface area contributed by atoms with Crippen LogP contribution in [0.25, 0.3) is 16.6 Å². The molecule has 194 valence electrons. The maximum Gasteiger partial charge on any atom is 0.333 e. The van der Waals surface area contributed by atoms with Crippen LogP contribution < -0.4 is 26.6 Å². The van der Waals surface area contributed by atoms with Crippen molar-refractivity contribution >= 4 is 72.6 Å². The Labute approximate surface area is 228 Å². The Kier molecular flexibility index (Phi) is 7.08. The molecule has 0 aliphatic rings. The monoisotopic (exact) mass is 587 g/mol. The second-order valence-corrected chi connectivity index (χ2v) is 12.6. The van der Waals surface area contributed by atoms with Gasteiger partial charge < -0.3 is 15.6 Å². The number of aromatic nitrogens is 2. The van der Waals surface area contributed by atoms with Gasteiger partial charge in [-0.3, -0.25) is 4.79 Å². The Hall–Kier alpha value is -3.91. The zero-order valence-corrected chi connectivity index (χ0v) is 22.4. The molecule has 0 bridgehead atoms. The third kappa shape index (κ3) is 5.50. The molecule has 10 nitrogen and oxygen atoms in total. The molecule has 0 unspecified atom stereocenters. The van der Waals surface area contributed by atoms with E-state index in [9.17, 15) is 22.8 Å². The molecule has 0 saturated carbocycles. The number of fused-ring (bicyclic) bond motifs is 1. The number of carbonyl (C=O) groups is 1. The fourth-order valence-corrected chi connectivity index (χ4v) is 6.66. The van der Waals surface area contributed by atoms with Crippen molar-refractivity contribution in [2.75, 3.05) is 10.6 Å². The van der Waals surface area contributed by atoms with E-state index in [0.29, 0.717) is 17.4 Å². The van der Waals surface area contributed by atoms with E-state index >= 15 is 0 Å².